The highest BCUT2D eigenvalue weighted by Gasteiger charge is 2.20. The molecule has 2 aromatic heterocycles. The zero-order valence-electron chi connectivity index (χ0n) is 10.5. The number of benzene rings is 1. The third kappa shape index (κ3) is 1.88. The smallest absolute Gasteiger partial charge is 0.0976 e. The maximum Gasteiger partial charge on any atom is 0.0976 e. The van der Waals surface area contributed by atoms with E-state index in [1.807, 2.05) is 0 Å². The van der Waals surface area contributed by atoms with Crippen LogP contribution >= 0.6 is 11.3 Å². The van der Waals surface area contributed by atoms with E-state index in [0.29, 0.717) is 5.92 Å². The molecule has 0 saturated carbocycles. The summed E-state index contributed by atoms with van der Waals surface area (Å²) in [6.07, 6.45) is 3.28. The van der Waals surface area contributed by atoms with Crippen molar-refractivity contribution in [2.24, 2.45) is 0 Å². The molecule has 3 aromatic rings. The average molecular weight is 269 g/mol. The average Bonchev–Trinajstić information content (AvgIpc) is 3.18. The second kappa shape index (κ2) is 4.47. The van der Waals surface area contributed by atoms with Crippen molar-refractivity contribution in [3.8, 4) is 11.3 Å². The molecular formula is C15H15N3S. The van der Waals surface area contributed by atoms with Gasteiger partial charge in [-0.1, -0.05) is 18.2 Å². The van der Waals surface area contributed by atoms with Crippen molar-refractivity contribution < 1.29 is 0 Å². The van der Waals surface area contributed by atoms with E-state index in [9.17, 15) is 0 Å². The largest absolute Gasteiger partial charge is 0.360 e. The first-order valence-corrected chi connectivity index (χ1v) is 7.52. The van der Waals surface area contributed by atoms with Crippen molar-refractivity contribution in [1.82, 2.24) is 15.3 Å². The van der Waals surface area contributed by atoms with E-state index in [1.54, 1.807) is 11.3 Å². The second-order valence-corrected chi connectivity index (χ2v) is 5.90. The lowest BCUT2D eigenvalue weighted by atomic mass is 10.1. The van der Waals surface area contributed by atoms with Gasteiger partial charge in [0.15, 0.2) is 0 Å². The van der Waals surface area contributed by atoms with Gasteiger partial charge >= 0.3 is 0 Å². The van der Waals surface area contributed by atoms with Crippen LogP contribution in [0, 0.1) is 0 Å². The number of rotatable bonds is 2. The van der Waals surface area contributed by atoms with Crippen molar-refractivity contribution >= 4 is 22.2 Å². The van der Waals surface area contributed by atoms with Crippen LogP contribution in [0.15, 0.2) is 35.8 Å². The van der Waals surface area contributed by atoms with Gasteiger partial charge < -0.3 is 10.3 Å². The molecule has 4 heteroatoms. The van der Waals surface area contributed by atoms with Crippen LogP contribution in [0.2, 0.25) is 0 Å². The molecular weight excluding hydrogens is 254 g/mol. The van der Waals surface area contributed by atoms with E-state index in [1.165, 1.54) is 27.9 Å². The highest BCUT2D eigenvalue weighted by atomic mass is 32.1. The molecule has 0 spiro atoms. The quantitative estimate of drug-likeness (QED) is 0.749. The van der Waals surface area contributed by atoms with Crippen molar-refractivity contribution in [1.29, 1.82) is 0 Å². The molecule has 19 heavy (non-hydrogen) atoms. The third-order valence-electron chi connectivity index (χ3n) is 3.80. The number of hydrogen-bond donors (Lipinski definition) is 2. The molecule has 0 aliphatic carbocycles. The lowest BCUT2D eigenvalue weighted by Crippen LogP contribution is -2.07. The molecule has 4 rings (SSSR count). The van der Waals surface area contributed by atoms with Gasteiger partial charge in [-0.25, -0.2) is 4.98 Å². The van der Waals surface area contributed by atoms with E-state index < -0.39 is 0 Å². The van der Waals surface area contributed by atoms with E-state index in [2.05, 4.69) is 46.1 Å². The highest BCUT2D eigenvalue weighted by Crippen LogP contribution is 2.32. The van der Waals surface area contributed by atoms with Crippen LogP contribution in [-0.2, 0) is 0 Å². The molecule has 1 fully saturated rings. The first kappa shape index (κ1) is 11.2. The van der Waals surface area contributed by atoms with Crippen molar-refractivity contribution in [2.45, 2.75) is 12.3 Å². The van der Waals surface area contributed by atoms with Crippen molar-refractivity contribution in [3.05, 3.63) is 40.8 Å². The molecule has 1 aliphatic heterocycles. The van der Waals surface area contributed by atoms with Crippen LogP contribution in [0.25, 0.3) is 22.2 Å². The molecule has 3 nitrogen and oxygen atoms in total. The molecule has 3 heterocycles. The van der Waals surface area contributed by atoms with Gasteiger partial charge in [0.05, 0.1) is 10.7 Å². The first-order chi connectivity index (χ1) is 9.42. The van der Waals surface area contributed by atoms with E-state index in [4.69, 9.17) is 4.98 Å². The van der Waals surface area contributed by atoms with Crippen LogP contribution in [0.1, 0.15) is 17.3 Å². The van der Waals surface area contributed by atoms with Crippen molar-refractivity contribution in [2.75, 3.05) is 13.1 Å². The molecule has 1 unspecified atom stereocenters. The predicted octanol–water partition coefficient (Wildman–Crippen LogP) is 3.37. The minimum atomic E-state index is 0.601. The number of para-hydroxylation sites is 1. The van der Waals surface area contributed by atoms with Crippen LogP contribution in [0.3, 0.4) is 0 Å². The molecule has 0 amide bonds. The Balaban J connectivity index is 1.76. The van der Waals surface area contributed by atoms with Gasteiger partial charge in [-0.3, -0.25) is 0 Å². The summed E-state index contributed by atoms with van der Waals surface area (Å²) in [5.74, 6) is 0.601. The molecule has 96 valence electrons. The van der Waals surface area contributed by atoms with E-state index in [0.717, 1.165) is 18.8 Å². The fraction of sp³-hybridized carbons (Fsp3) is 0.267. The summed E-state index contributed by atoms with van der Waals surface area (Å²) in [7, 11) is 0. The summed E-state index contributed by atoms with van der Waals surface area (Å²) in [5.41, 5.74) is 3.49. The third-order valence-corrected chi connectivity index (χ3v) is 4.80. The lowest BCUT2D eigenvalue weighted by molar-refractivity contribution is 0.756. The second-order valence-electron chi connectivity index (χ2n) is 5.01. The number of aromatic nitrogens is 2. The minimum Gasteiger partial charge on any atom is -0.360 e. The molecule has 1 aliphatic rings. The number of nitrogens with zero attached hydrogens (tertiary/aromatic N) is 1. The molecule has 1 saturated heterocycles. The van der Waals surface area contributed by atoms with E-state index >= 15 is 0 Å². The van der Waals surface area contributed by atoms with Gasteiger partial charge in [-0.05, 0) is 19.0 Å². The van der Waals surface area contributed by atoms with Gasteiger partial charge in [0.2, 0.25) is 0 Å². The summed E-state index contributed by atoms with van der Waals surface area (Å²) in [6.45, 7) is 2.19. The molecule has 0 radical (unpaired) electrons. The van der Waals surface area contributed by atoms with Gasteiger partial charge in [0, 0.05) is 40.5 Å². The number of hydrogen-bond acceptors (Lipinski definition) is 3. The lowest BCUT2D eigenvalue weighted by Gasteiger charge is -2.01. The summed E-state index contributed by atoms with van der Waals surface area (Å²) in [6, 6.07) is 8.39. The first-order valence-electron chi connectivity index (χ1n) is 6.64. The maximum atomic E-state index is 4.84. The zero-order chi connectivity index (χ0) is 12.7. The standard InChI is InChI=1S/C15H15N3S/c1-2-4-13-11(3-1)12(8-17-13)14-9-19-15(18-14)10-5-6-16-7-10/h1-4,8-10,16-17H,5-7H2. The number of nitrogens with one attached hydrogen (secondary N) is 2. The Hall–Kier alpha value is -1.65. The zero-order valence-corrected chi connectivity index (χ0v) is 11.3. The Kier molecular flexibility index (Phi) is 2.64. The van der Waals surface area contributed by atoms with Crippen LogP contribution in [0.5, 0.6) is 0 Å². The number of thiazole rings is 1. The Labute approximate surface area is 115 Å². The highest BCUT2D eigenvalue weighted by molar-refractivity contribution is 7.10. The maximum absolute atomic E-state index is 4.84. The van der Waals surface area contributed by atoms with Gasteiger partial charge in [-0.15, -0.1) is 11.3 Å². The Morgan fingerprint density at radius 1 is 1.26 bits per heavy atom. The summed E-state index contributed by atoms with van der Waals surface area (Å²) in [5, 5.41) is 8.11. The monoisotopic (exact) mass is 269 g/mol. The minimum absolute atomic E-state index is 0.601. The predicted molar refractivity (Wildman–Crippen MR) is 79.6 cm³/mol. The normalized spacial score (nSPS) is 19.3. The van der Waals surface area contributed by atoms with Gasteiger partial charge in [0.25, 0.3) is 0 Å². The topological polar surface area (TPSA) is 40.7 Å². The Morgan fingerprint density at radius 2 is 2.21 bits per heavy atom. The van der Waals surface area contributed by atoms with E-state index in [-0.39, 0.29) is 0 Å². The molecule has 1 atom stereocenters. The van der Waals surface area contributed by atoms with Crippen LogP contribution < -0.4 is 5.32 Å². The molecule has 2 N–H and O–H groups in total. The van der Waals surface area contributed by atoms with Gasteiger partial charge in [-0.2, -0.15) is 0 Å². The van der Waals surface area contributed by atoms with Gasteiger partial charge in [0.1, 0.15) is 0 Å². The summed E-state index contributed by atoms with van der Waals surface area (Å²) in [4.78, 5) is 8.16. The summed E-state index contributed by atoms with van der Waals surface area (Å²) < 4.78 is 0. The number of aromatic amines is 1. The Bertz CT molecular complexity index is 707. The number of fused-ring (bicyclic) bond motifs is 1. The number of H-pyrrole nitrogens is 1. The molecule has 1 aromatic carbocycles. The fourth-order valence-electron chi connectivity index (χ4n) is 2.75. The van der Waals surface area contributed by atoms with Crippen LogP contribution in [-0.4, -0.2) is 23.1 Å². The SMILES string of the molecule is c1ccc2c(-c3csc(C4CCNC4)n3)c[nH]c2c1. The fourth-order valence-corrected chi connectivity index (χ4v) is 3.70. The summed E-state index contributed by atoms with van der Waals surface area (Å²) >= 11 is 1.79. The Morgan fingerprint density at radius 3 is 3.11 bits per heavy atom. The van der Waals surface area contributed by atoms with Crippen LogP contribution in [0.4, 0.5) is 0 Å². The van der Waals surface area contributed by atoms with Crippen molar-refractivity contribution in [3.63, 3.8) is 0 Å². The molecule has 0 bridgehead atoms.